The lowest BCUT2D eigenvalue weighted by atomic mass is 9.75. The SMILES string of the molecule is CCCCCCCC1(CCCCCC/C=C/[C@H](C(=O)N2C(=S)OC(c3ccccc3)(c3ccccc3)[C@@H]2C(C)C)[C@@](O)(CCC)C(=O)O)OCCO1. The topological polar surface area (TPSA) is 106 Å². The number of unbranched alkanes of at least 4 members (excludes halogenated alkanes) is 8. The summed E-state index contributed by atoms with van der Waals surface area (Å²) in [5.74, 6) is -3.98. The third-order valence-corrected chi connectivity index (χ3v) is 11.0. The van der Waals surface area contributed by atoms with Gasteiger partial charge in [0.2, 0.25) is 5.91 Å². The summed E-state index contributed by atoms with van der Waals surface area (Å²) in [4.78, 5) is 29.0. The van der Waals surface area contributed by atoms with Crippen molar-refractivity contribution in [2.45, 2.75) is 141 Å². The van der Waals surface area contributed by atoms with Crippen LogP contribution in [0.5, 0.6) is 0 Å². The van der Waals surface area contributed by atoms with Crippen molar-refractivity contribution in [3.8, 4) is 0 Å². The lowest BCUT2D eigenvalue weighted by Crippen LogP contribution is -2.56. The van der Waals surface area contributed by atoms with Gasteiger partial charge in [0.1, 0.15) is 0 Å². The van der Waals surface area contributed by atoms with Crippen molar-refractivity contribution in [3.05, 3.63) is 83.9 Å². The van der Waals surface area contributed by atoms with Crippen LogP contribution in [0.15, 0.2) is 72.8 Å². The highest BCUT2D eigenvalue weighted by Gasteiger charge is 2.60. The van der Waals surface area contributed by atoms with Gasteiger partial charge >= 0.3 is 5.97 Å². The normalized spacial score (nSPS) is 19.9. The fourth-order valence-corrected chi connectivity index (χ4v) is 8.39. The number of rotatable bonds is 22. The van der Waals surface area contributed by atoms with Gasteiger partial charge in [0, 0.05) is 24.0 Å². The minimum absolute atomic E-state index is 0.0343. The molecule has 0 unspecified atom stereocenters. The molecule has 2 N–H and O–H groups in total. The number of hydrogen-bond donors (Lipinski definition) is 2. The molecule has 2 fully saturated rings. The largest absolute Gasteiger partial charge is 0.479 e. The Bertz CT molecular complexity index is 1400. The van der Waals surface area contributed by atoms with Crippen LogP contribution in [-0.4, -0.2) is 62.8 Å². The van der Waals surface area contributed by atoms with E-state index in [1.54, 1.807) is 13.0 Å². The predicted molar refractivity (Wildman–Crippen MR) is 209 cm³/mol. The standard InChI is InChI=1S/C43H61NO7S/c1-5-7-8-12-21-29-41(49-31-32-50-41)30-22-13-10-9-11-20-27-36(42(48,28-6-2)39(46)47)38(45)44-37(33(3)4)43(51-40(44)52,34-23-16-14-17-24-34)35-25-18-15-19-26-35/h14-20,23-27,33,36-37,48H,5-13,21-22,28-32H2,1-4H3,(H,46,47)/b27-20+/t36-,37+,42+/m1/s1. The molecule has 2 aromatic rings. The molecule has 0 radical (unpaired) electrons. The number of thiocarbonyl (C=S) groups is 1. The van der Waals surface area contributed by atoms with Crippen molar-refractivity contribution >= 4 is 29.3 Å². The molecule has 2 heterocycles. The van der Waals surface area contributed by atoms with Gasteiger partial charge in [-0.15, -0.1) is 0 Å². The van der Waals surface area contributed by atoms with Gasteiger partial charge < -0.3 is 24.4 Å². The second kappa shape index (κ2) is 19.8. The third-order valence-electron chi connectivity index (χ3n) is 10.7. The summed E-state index contributed by atoms with van der Waals surface area (Å²) in [5.41, 5.74) is -1.80. The molecule has 2 aliphatic rings. The number of benzene rings is 2. The van der Waals surface area contributed by atoms with Crippen molar-refractivity contribution in [3.63, 3.8) is 0 Å². The fourth-order valence-electron chi connectivity index (χ4n) is 8.06. The Hall–Kier alpha value is -3.11. The first kappa shape index (κ1) is 41.6. The molecule has 8 nitrogen and oxygen atoms in total. The molecular formula is C43H61NO7S. The van der Waals surface area contributed by atoms with Gasteiger partial charge in [-0.25, -0.2) is 4.79 Å². The van der Waals surface area contributed by atoms with E-state index in [-0.39, 0.29) is 17.5 Å². The first-order valence-electron chi connectivity index (χ1n) is 19.6. The second-order valence-corrected chi connectivity index (χ2v) is 15.2. The highest BCUT2D eigenvalue weighted by molar-refractivity contribution is 7.80. The number of amides is 1. The maximum absolute atomic E-state index is 14.8. The van der Waals surface area contributed by atoms with Crippen LogP contribution < -0.4 is 0 Å². The average molecular weight is 736 g/mol. The minimum Gasteiger partial charge on any atom is -0.479 e. The quantitative estimate of drug-likeness (QED) is 0.0701. The number of carboxylic acid groups (broad SMARTS) is 1. The van der Waals surface area contributed by atoms with E-state index >= 15 is 0 Å². The summed E-state index contributed by atoms with van der Waals surface area (Å²) in [6, 6.07) is 18.8. The molecule has 286 valence electrons. The Labute approximate surface area is 316 Å². The third kappa shape index (κ3) is 9.70. The fraction of sp³-hybridized carbons (Fsp3) is 0.605. The molecule has 9 heteroatoms. The first-order valence-corrected chi connectivity index (χ1v) is 20.0. The summed E-state index contributed by atoms with van der Waals surface area (Å²) in [5, 5.41) is 22.1. The Balaban J connectivity index is 1.49. The zero-order valence-corrected chi connectivity index (χ0v) is 32.6. The highest BCUT2D eigenvalue weighted by Crippen LogP contribution is 2.48. The molecule has 1 amide bonds. The summed E-state index contributed by atoms with van der Waals surface area (Å²) >= 11 is 5.83. The van der Waals surface area contributed by atoms with Crippen LogP contribution in [0.25, 0.3) is 0 Å². The number of aliphatic hydroxyl groups is 1. The van der Waals surface area contributed by atoms with E-state index < -0.39 is 40.8 Å². The van der Waals surface area contributed by atoms with E-state index in [2.05, 4.69) is 6.92 Å². The van der Waals surface area contributed by atoms with E-state index in [0.29, 0.717) is 26.1 Å². The van der Waals surface area contributed by atoms with Gasteiger partial charge in [-0.05, 0) is 50.2 Å². The van der Waals surface area contributed by atoms with Crippen molar-refractivity contribution in [2.75, 3.05) is 13.2 Å². The average Bonchev–Trinajstić information content (AvgIpc) is 3.74. The molecule has 2 aromatic carbocycles. The molecule has 0 aliphatic carbocycles. The highest BCUT2D eigenvalue weighted by atomic mass is 32.1. The van der Waals surface area contributed by atoms with Crippen molar-refractivity contribution < 1.29 is 34.0 Å². The Morgan fingerprint density at radius 3 is 1.90 bits per heavy atom. The summed E-state index contributed by atoms with van der Waals surface area (Å²) in [6.07, 6.45) is 16.2. The Morgan fingerprint density at radius 1 is 0.865 bits per heavy atom. The molecule has 2 saturated heterocycles. The molecular weight excluding hydrogens is 675 g/mol. The monoisotopic (exact) mass is 735 g/mol. The number of ether oxygens (including phenoxy) is 3. The first-order chi connectivity index (χ1) is 25.1. The predicted octanol–water partition coefficient (Wildman–Crippen LogP) is 9.33. The molecule has 0 aromatic heterocycles. The molecule has 0 spiro atoms. The van der Waals surface area contributed by atoms with Crippen LogP contribution in [0.3, 0.4) is 0 Å². The number of carbonyl (C=O) groups excluding carboxylic acids is 1. The molecule has 4 rings (SSSR count). The zero-order chi connectivity index (χ0) is 37.6. The van der Waals surface area contributed by atoms with Gasteiger partial charge in [0.15, 0.2) is 17.0 Å². The number of nitrogens with zero attached hydrogens (tertiary/aromatic N) is 1. The Kier molecular flexibility index (Phi) is 15.9. The molecule has 52 heavy (non-hydrogen) atoms. The second-order valence-electron chi connectivity index (χ2n) is 14.8. The number of hydrogen-bond acceptors (Lipinski definition) is 7. The van der Waals surface area contributed by atoms with Crippen LogP contribution in [0.4, 0.5) is 0 Å². The zero-order valence-electron chi connectivity index (χ0n) is 31.8. The maximum atomic E-state index is 14.8. The van der Waals surface area contributed by atoms with Gasteiger partial charge in [-0.3, -0.25) is 9.69 Å². The van der Waals surface area contributed by atoms with E-state index in [4.69, 9.17) is 26.4 Å². The summed E-state index contributed by atoms with van der Waals surface area (Å²) in [6.45, 7) is 9.35. The van der Waals surface area contributed by atoms with Crippen LogP contribution in [0.1, 0.15) is 129 Å². The van der Waals surface area contributed by atoms with Crippen molar-refractivity contribution in [1.82, 2.24) is 4.90 Å². The van der Waals surface area contributed by atoms with E-state index in [1.165, 1.54) is 30.6 Å². The number of carbonyl (C=O) groups is 2. The van der Waals surface area contributed by atoms with Gasteiger partial charge in [-0.2, -0.15) is 0 Å². The molecule has 0 bridgehead atoms. The van der Waals surface area contributed by atoms with Gasteiger partial charge in [0.05, 0.1) is 25.2 Å². The van der Waals surface area contributed by atoms with Crippen molar-refractivity contribution in [2.24, 2.45) is 11.8 Å². The molecule has 2 aliphatic heterocycles. The van der Waals surface area contributed by atoms with E-state index in [9.17, 15) is 19.8 Å². The van der Waals surface area contributed by atoms with Gasteiger partial charge in [0.25, 0.3) is 5.17 Å². The summed E-state index contributed by atoms with van der Waals surface area (Å²) < 4.78 is 18.8. The van der Waals surface area contributed by atoms with Crippen molar-refractivity contribution in [1.29, 1.82) is 0 Å². The summed E-state index contributed by atoms with van der Waals surface area (Å²) in [7, 11) is 0. The number of carboxylic acids is 1. The Morgan fingerprint density at radius 2 is 1.40 bits per heavy atom. The number of aliphatic carboxylic acids is 1. The van der Waals surface area contributed by atoms with Crippen LogP contribution >= 0.6 is 12.2 Å². The minimum atomic E-state index is -2.32. The smallest absolute Gasteiger partial charge is 0.336 e. The number of allylic oxidation sites excluding steroid dienone is 1. The lowest BCUT2D eigenvalue weighted by Gasteiger charge is -2.39. The maximum Gasteiger partial charge on any atom is 0.336 e. The molecule has 3 atom stereocenters. The van der Waals surface area contributed by atoms with Gasteiger partial charge in [-0.1, -0.05) is 145 Å². The van der Waals surface area contributed by atoms with Crippen LogP contribution in [0.2, 0.25) is 0 Å². The van der Waals surface area contributed by atoms with Crippen LogP contribution in [0, 0.1) is 11.8 Å². The molecule has 0 saturated carbocycles. The van der Waals surface area contributed by atoms with E-state index in [0.717, 1.165) is 56.1 Å². The lowest BCUT2D eigenvalue weighted by molar-refractivity contribution is -0.169. The van der Waals surface area contributed by atoms with E-state index in [1.807, 2.05) is 80.6 Å². The van der Waals surface area contributed by atoms with Crippen LogP contribution in [-0.2, 0) is 29.4 Å².